The molecule has 5 nitrogen and oxygen atoms in total. The average Bonchev–Trinajstić information content (AvgIpc) is 2.43. The van der Waals surface area contributed by atoms with Gasteiger partial charge >= 0.3 is 0 Å². The van der Waals surface area contributed by atoms with E-state index in [0.717, 1.165) is 37.2 Å². The Morgan fingerprint density at radius 2 is 1.90 bits per heavy atom. The number of nitrogens with two attached hydrogens (primary N) is 1. The molecule has 0 aliphatic carbocycles. The minimum Gasteiger partial charge on any atom is -0.369 e. The molecule has 2 rings (SSSR count). The van der Waals surface area contributed by atoms with Crippen molar-refractivity contribution < 1.29 is 9.59 Å². The van der Waals surface area contributed by atoms with Crippen molar-refractivity contribution in [1.82, 2.24) is 4.90 Å². The van der Waals surface area contributed by atoms with Gasteiger partial charge in [-0.1, -0.05) is 6.07 Å². The summed E-state index contributed by atoms with van der Waals surface area (Å²) in [6.45, 7) is 5.92. The lowest BCUT2D eigenvalue weighted by Crippen LogP contribution is -2.42. The molecule has 1 saturated heterocycles. The van der Waals surface area contributed by atoms with Crippen molar-refractivity contribution in [2.24, 2.45) is 11.7 Å². The lowest BCUT2D eigenvalue weighted by atomic mass is 9.96. The monoisotopic (exact) mass is 289 g/mol. The molecule has 114 valence electrons. The number of carbonyl (C=O) groups excluding carboxylic acids is 2. The Morgan fingerprint density at radius 3 is 2.48 bits per heavy atom. The number of primary amides is 1. The topological polar surface area (TPSA) is 75.4 Å². The highest BCUT2D eigenvalue weighted by Gasteiger charge is 2.24. The molecule has 0 atom stereocenters. The minimum atomic E-state index is -0.228. The van der Waals surface area contributed by atoms with Gasteiger partial charge in [0.2, 0.25) is 11.8 Å². The van der Waals surface area contributed by atoms with Crippen LogP contribution in [-0.4, -0.2) is 36.3 Å². The van der Waals surface area contributed by atoms with Crippen LogP contribution in [0.1, 0.15) is 24.0 Å². The lowest BCUT2D eigenvalue weighted by molar-refractivity contribution is -0.123. The number of nitrogens with zero attached hydrogens (tertiary/aromatic N) is 1. The van der Waals surface area contributed by atoms with E-state index in [-0.39, 0.29) is 17.7 Å². The van der Waals surface area contributed by atoms with Crippen LogP contribution in [0.25, 0.3) is 0 Å². The molecule has 1 aromatic rings. The second-order valence-corrected chi connectivity index (χ2v) is 5.80. The second kappa shape index (κ2) is 6.72. The molecule has 0 aromatic heterocycles. The van der Waals surface area contributed by atoms with Crippen LogP contribution in [0.15, 0.2) is 18.2 Å². The van der Waals surface area contributed by atoms with Crippen molar-refractivity contribution in [3.05, 3.63) is 29.3 Å². The van der Waals surface area contributed by atoms with E-state index in [4.69, 9.17) is 5.73 Å². The van der Waals surface area contributed by atoms with Gasteiger partial charge in [0.1, 0.15) is 0 Å². The van der Waals surface area contributed by atoms with Crippen LogP contribution >= 0.6 is 0 Å². The summed E-state index contributed by atoms with van der Waals surface area (Å²) in [6, 6.07) is 5.90. The standard InChI is InChI=1S/C16H23N3O2/c1-11-3-4-14(9-12(11)2)18-15(20)10-19-7-5-13(6-8-19)16(17)21/h3-4,9,13H,5-8,10H2,1-2H3,(H2,17,21)(H,18,20). The maximum atomic E-state index is 12.0. The quantitative estimate of drug-likeness (QED) is 0.880. The van der Waals surface area contributed by atoms with Crippen LogP contribution in [0.5, 0.6) is 0 Å². The smallest absolute Gasteiger partial charge is 0.238 e. The first-order chi connectivity index (χ1) is 9.95. The fraction of sp³-hybridized carbons (Fsp3) is 0.500. The summed E-state index contributed by atoms with van der Waals surface area (Å²) in [5.74, 6) is -0.283. The Hall–Kier alpha value is -1.88. The molecule has 0 bridgehead atoms. The third kappa shape index (κ3) is 4.29. The number of piperidine rings is 1. The molecule has 0 unspecified atom stereocenters. The number of likely N-dealkylation sites (tertiary alicyclic amines) is 1. The highest BCUT2D eigenvalue weighted by atomic mass is 16.2. The van der Waals surface area contributed by atoms with Gasteiger partial charge in [-0.15, -0.1) is 0 Å². The maximum absolute atomic E-state index is 12.0. The van der Waals surface area contributed by atoms with E-state index in [2.05, 4.69) is 10.2 Å². The zero-order valence-electron chi connectivity index (χ0n) is 12.7. The van der Waals surface area contributed by atoms with Crippen LogP contribution in [0.4, 0.5) is 5.69 Å². The Kier molecular flexibility index (Phi) is 4.96. The molecule has 3 N–H and O–H groups in total. The first-order valence-electron chi connectivity index (χ1n) is 7.34. The van der Waals surface area contributed by atoms with E-state index in [1.807, 2.05) is 32.0 Å². The number of carbonyl (C=O) groups is 2. The number of amides is 2. The highest BCUT2D eigenvalue weighted by Crippen LogP contribution is 2.17. The third-order valence-electron chi connectivity index (χ3n) is 4.15. The molecular formula is C16H23N3O2. The van der Waals surface area contributed by atoms with E-state index in [1.54, 1.807) is 0 Å². The number of benzene rings is 1. The van der Waals surface area contributed by atoms with Crippen LogP contribution in [-0.2, 0) is 9.59 Å². The summed E-state index contributed by atoms with van der Waals surface area (Å²) in [5.41, 5.74) is 8.51. The van der Waals surface area contributed by atoms with Crippen LogP contribution < -0.4 is 11.1 Å². The molecule has 0 spiro atoms. The Labute approximate surface area is 125 Å². The van der Waals surface area contributed by atoms with E-state index in [9.17, 15) is 9.59 Å². The number of nitrogens with one attached hydrogen (secondary N) is 1. The number of hydrogen-bond acceptors (Lipinski definition) is 3. The summed E-state index contributed by atoms with van der Waals surface area (Å²) in [7, 11) is 0. The molecule has 1 aromatic carbocycles. The summed E-state index contributed by atoms with van der Waals surface area (Å²) in [4.78, 5) is 25.2. The molecular weight excluding hydrogens is 266 g/mol. The predicted molar refractivity (Wildman–Crippen MR) is 82.9 cm³/mol. The zero-order chi connectivity index (χ0) is 15.4. The minimum absolute atomic E-state index is 0.0178. The van der Waals surface area contributed by atoms with E-state index in [0.29, 0.717) is 6.54 Å². The van der Waals surface area contributed by atoms with Gasteiger partial charge in [0.15, 0.2) is 0 Å². The second-order valence-electron chi connectivity index (χ2n) is 5.80. The molecule has 5 heteroatoms. The average molecular weight is 289 g/mol. The van der Waals surface area contributed by atoms with Crippen LogP contribution in [0.2, 0.25) is 0 Å². The first kappa shape index (κ1) is 15.5. The molecule has 1 heterocycles. The van der Waals surface area contributed by atoms with Crippen molar-refractivity contribution in [1.29, 1.82) is 0 Å². The summed E-state index contributed by atoms with van der Waals surface area (Å²) < 4.78 is 0. The van der Waals surface area contributed by atoms with Crippen LogP contribution in [0, 0.1) is 19.8 Å². The van der Waals surface area contributed by atoms with Gasteiger partial charge in [0.05, 0.1) is 6.54 Å². The maximum Gasteiger partial charge on any atom is 0.238 e. The Morgan fingerprint density at radius 1 is 1.24 bits per heavy atom. The van der Waals surface area contributed by atoms with Crippen molar-refractivity contribution in [3.63, 3.8) is 0 Å². The normalized spacial score (nSPS) is 16.7. The third-order valence-corrected chi connectivity index (χ3v) is 4.15. The van der Waals surface area contributed by atoms with Crippen molar-refractivity contribution in [3.8, 4) is 0 Å². The van der Waals surface area contributed by atoms with E-state index < -0.39 is 0 Å². The number of aryl methyl sites for hydroxylation is 2. The molecule has 0 radical (unpaired) electrons. The Bertz CT molecular complexity index is 534. The number of rotatable bonds is 4. The molecule has 1 aliphatic rings. The number of hydrogen-bond donors (Lipinski definition) is 2. The highest BCUT2D eigenvalue weighted by molar-refractivity contribution is 5.92. The van der Waals surface area contributed by atoms with Gasteiger partial charge in [-0.2, -0.15) is 0 Å². The largest absolute Gasteiger partial charge is 0.369 e. The summed E-state index contributed by atoms with van der Waals surface area (Å²) >= 11 is 0. The van der Waals surface area contributed by atoms with Gasteiger partial charge < -0.3 is 11.1 Å². The van der Waals surface area contributed by atoms with E-state index in [1.165, 1.54) is 5.56 Å². The molecule has 1 fully saturated rings. The SMILES string of the molecule is Cc1ccc(NC(=O)CN2CCC(C(N)=O)CC2)cc1C. The van der Waals surface area contributed by atoms with Crippen molar-refractivity contribution in [2.75, 3.05) is 25.0 Å². The summed E-state index contributed by atoms with van der Waals surface area (Å²) in [5, 5.41) is 2.92. The van der Waals surface area contributed by atoms with Gasteiger partial charge in [0, 0.05) is 11.6 Å². The van der Waals surface area contributed by atoms with Gasteiger partial charge in [-0.05, 0) is 63.0 Å². The molecule has 0 saturated carbocycles. The van der Waals surface area contributed by atoms with Gasteiger partial charge in [0.25, 0.3) is 0 Å². The predicted octanol–water partition coefficient (Wildman–Crippen LogP) is 1.44. The lowest BCUT2D eigenvalue weighted by Gasteiger charge is -2.29. The first-order valence-corrected chi connectivity index (χ1v) is 7.34. The molecule has 1 aliphatic heterocycles. The van der Waals surface area contributed by atoms with Gasteiger partial charge in [-0.3, -0.25) is 14.5 Å². The van der Waals surface area contributed by atoms with Crippen molar-refractivity contribution in [2.45, 2.75) is 26.7 Å². The fourth-order valence-electron chi connectivity index (χ4n) is 2.60. The Balaban J connectivity index is 1.82. The van der Waals surface area contributed by atoms with Crippen molar-refractivity contribution >= 4 is 17.5 Å². The van der Waals surface area contributed by atoms with Gasteiger partial charge in [-0.25, -0.2) is 0 Å². The summed E-state index contributed by atoms with van der Waals surface area (Å²) in [6.07, 6.45) is 1.48. The number of anilines is 1. The van der Waals surface area contributed by atoms with Crippen LogP contribution in [0.3, 0.4) is 0 Å². The molecule has 2 amide bonds. The van der Waals surface area contributed by atoms with E-state index >= 15 is 0 Å². The fourth-order valence-corrected chi connectivity index (χ4v) is 2.60. The zero-order valence-corrected chi connectivity index (χ0v) is 12.7. The molecule has 21 heavy (non-hydrogen) atoms.